The highest BCUT2D eigenvalue weighted by atomic mass is 35.5. The van der Waals surface area contributed by atoms with Crippen LogP contribution in [0.2, 0.25) is 5.02 Å². The molecule has 0 aliphatic carbocycles. The molecule has 0 spiro atoms. The van der Waals surface area contributed by atoms with E-state index in [1.165, 1.54) is 7.11 Å². The number of hydrogen-bond donors (Lipinski definition) is 1. The maximum atomic E-state index is 12.9. The van der Waals surface area contributed by atoms with Gasteiger partial charge in [-0.3, -0.25) is 4.79 Å². The van der Waals surface area contributed by atoms with Crippen molar-refractivity contribution in [3.8, 4) is 0 Å². The van der Waals surface area contributed by atoms with Crippen molar-refractivity contribution in [2.45, 2.75) is 73.8 Å². The first-order valence-corrected chi connectivity index (χ1v) is 12.4. The zero-order chi connectivity index (χ0) is 23.3. The smallest absolute Gasteiger partial charge is 0.311 e. The lowest BCUT2D eigenvalue weighted by atomic mass is 9.74. The third kappa shape index (κ3) is 7.74. The molecule has 0 heterocycles. The van der Waals surface area contributed by atoms with E-state index < -0.39 is 22.8 Å². The minimum atomic E-state index is -1.30. The summed E-state index contributed by atoms with van der Waals surface area (Å²) in [6, 6.07) is 5.95. The van der Waals surface area contributed by atoms with Crippen molar-refractivity contribution in [1.29, 1.82) is 0 Å². The van der Waals surface area contributed by atoms with Crippen LogP contribution in [-0.4, -0.2) is 23.4 Å². The summed E-state index contributed by atoms with van der Waals surface area (Å²) >= 11 is 5.36. The lowest BCUT2D eigenvalue weighted by Gasteiger charge is -2.39. The SMILES string of the molecule is COC(=O)C(C(C)C)[C@@](C)(N[S@@+]([O-])CC(C)C)c1ccc(CCC(C)(C)C)c(Cl)c1. The van der Waals surface area contributed by atoms with Gasteiger partial charge in [0.15, 0.2) is 0 Å². The van der Waals surface area contributed by atoms with Crippen molar-refractivity contribution in [2.24, 2.45) is 23.2 Å². The highest BCUT2D eigenvalue weighted by Crippen LogP contribution is 2.38. The Morgan fingerprint density at radius 2 is 1.80 bits per heavy atom. The van der Waals surface area contributed by atoms with Gasteiger partial charge in [-0.15, -0.1) is 4.72 Å². The lowest BCUT2D eigenvalue weighted by molar-refractivity contribution is -0.150. The van der Waals surface area contributed by atoms with Gasteiger partial charge in [-0.1, -0.05) is 72.2 Å². The van der Waals surface area contributed by atoms with Crippen LogP contribution < -0.4 is 4.72 Å². The number of benzene rings is 1. The summed E-state index contributed by atoms with van der Waals surface area (Å²) in [7, 11) is 1.39. The standard InChI is InChI=1S/C24H40ClNO3S/c1-16(2)15-30(28)26-24(8,21(17(3)4)22(27)29-9)19-11-10-18(20(25)14-19)12-13-23(5,6)7/h10-11,14,16-17,21,26H,12-13,15H2,1-9H3/t21?,24-,30-/m0/s1. The number of halogens is 1. The molecule has 0 aliphatic heterocycles. The molecular weight excluding hydrogens is 418 g/mol. The quantitative estimate of drug-likeness (QED) is 0.351. The molecule has 3 atom stereocenters. The molecule has 0 fully saturated rings. The maximum Gasteiger partial charge on any atom is 0.311 e. The zero-order valence-corrected chi connectivity index (χ0v) is 21.7. The Hall–Kier alpha value is -0.750. The number of rotatable bonds is 10. The average molecular weight is 458 g/mol. The Balaban J connectivity index is 3.39. The van der Waals surface area contributed by atoms with Crippen LogP contribution in [-0.2, 0) is 32.9 Å². The maximum absolute atomic E-state index is 12.9. The summed E-state index contributed by atoms with van der Waals surface area (Å²) in [5.41, 5.74) is 1.26. The zero-order valence-electron chi connectivity index (χ0n) is 20.1. The first-order valence-electron chi connectivity index (χ1n) is 10.7. The number of nitrogens with one attached hydrogen (secondary N) is 1. The highest BCUT2D eigenvalue weighted by molar-refractivity contribution is 7.89. The Bertz CT molecular complexity index is 702. The molecule has 0 amide bonds. The number of ether oxygens (including phenoxy) is 1. The van der Waals surface area contributed by atoms with Gasteiger partial charge in [0.2, 0.25) is 0 Å². The third-order valence-corrected chi connectivity index (χ3v) is 7.32. The molecule has 1 aromatic carbocycles. The van der Waals surface area contributed by atoms with Gasteiger partial charge in [0.05, 0.1) is 18.6 Å². The van der Waals surface area contributed by atoms with E-state index in [1.807, 2.05) is 52.8 Å². The van der Waals surface area contributed by atoms with Gasteiger partial charge >= 0.3 is 5.97 Å². The Labute approximate surface area is 191 Å². The first kappa shape index (κ1) is 27.3. The van der Waals surface area contributed by atoms with E-state index in [4.69, 9.17) is 16.3 Å². The summed E-state index contributed by atoms with van der Waals surface area (Å²) in [5.74, 6) is -0.101. The summed E-state index contributed by atoms with van der Waals surface area (Å²) in [6.45, 7) is 16.6. The molecule has 0 radical (unpaired) electrons. The molecule has 172 valence electrons. The molecule has 0 aliphatic rings. The fourth-order valence-corrected chi connectivity index (χ4v) is 5.45. The molecular formula is C24H40ClNO3S. The van der Waals surface area contributed by atoms with Crippen molar-refractivity contribution in [2.75, 3.05) is 12.9 Å². The fourth-order valence-electron chi connectivity index (χ4n) is 3.77. The molecule has 0 saturated heterocycles. The third-order valence-electron chi connectivity index (χ3n) is 5.35. The summed E-state index contributed by atoms with van der Waals surface area (Å²) < 4.78 is 21.2. The van der Waals surface area contributed by atoms with Crippen LogP contribution in [0.4, 0.5) is 0 Å². The molecule has 0 saturated carbocycles. The summed E-state index contributed by atoms with van der Waals surface area (Å²) in [4.78, 5) is 12.7. The number of methoxy groups -OCH3 is 1. The van der Waals surface area contributed by atoms with Crippen LogP contribution >= 0.6 is 11.6 Å². The van der Waals surface area contributed by atoms with Crippen molar-refractivity contribution in [1.82, 2.24) is 4.72 Å². The lowest BCUT2D eigenvalue weighted by Crippen LogP contribution is -2.54. The van der Waals surface area contributed by atoms with Gasteiger partial charge in [-0.25, -0.2) is 0 Å². The summed E-state index contributed by atoms with van der Waals surface area (Å²) in [6.07, 6.45) is 1.91. The second kappa shape index (κ2) is 11.2. The van der Waals surface area contributed by atoms with Crippen molar-refractivity contribution < 1.29 is 14.1 Å². The predicted molar refractivity (Wildman–Crippen MR) is 128 cm³/mol. The van der Waals surface area contributed by atoms with Crippen LogP contribution in [0, 0.1) is 23.2 Å². The van der Waals surface area contributed by atoms with E-state index in [0.717, 1.165) is 24.0 Å². The van der Waals surface area contributed by atoms with E-state index in [-0.39, 0.29) is 23.2 Å². The molecule has 30 heavy (non-hydrogen) atoms. The number of carbonyl (C=O) groups is 1. The Morgan fingerprint density at radius 1 is 1.20 bits per heavy atom. The van der Waals surface area contributed by atoms with Crippen LogP contribution in [0.5, 0.6) is 0 Å². The number of aryl methyl sites for hydroxylation is 1. The van der Waals surface area contributed by atoms with Gasteiger partial charge < -0.3 is 9.29 Å². The Kier molecular flexibility index (Phi) is 10.2. The molecule has 6 heteroatoms. The second-order valence-electron chi connectivity index (χ2n) is 10.3. The average Bonchev–Trinajstić information content (AvgIpc) is 2.58. The monoisotopic (exact) mass is 457 g/mol. The number of carbonyl (C=O) groups excluding carboxylic acids is 1. The minimum absolute atomic E-state index is 0.0228. The van der Waals surface area contributed by atoms with Gasteiger partial charge in [0.25, 0.3) is 0 Å². The topological polar surface area (TPSA) is 61.4 Å². The molecule has 4 nitrogen and oxygen atoms in total. The van der Waals surface area contributed by atoms with Gasteiger partial charge in [0, 0.05) is 16.4 Å². The van der Waals surface area contributed by atoms with E-state index >= 15 is 0 Å². The Morgan fingerprint density at radius 3 is 2.23 bits per heavy atom. The summed E-state index contributed by atoms with van der Waals surface area (Å²) in [5, 5.41) is 0.673. The van der Waals surface area contributed by atoms with Crippen LogP contribution in [0.25, 0.3) is 0 Å². The minimum Gasteiger partial charge on any atom is -0.598 e. The van der Waals surface area contributed by atoms with Crippen LogP contribution in [0.1, 0.15) is 72.9 Å². The van der Waals surface area contributed by atoms with E-state index in [1.54, 1.807) is 0 Å². The van der Waals surface area contributed by atoms with Crippen molar-refractivity contribution >= 4 is 28.9 Å². The fraction of sp³-hybridized carbons (Fsp3) is 0.708. The van der Waals surface area contributed by atoms with E-state index in [9.17, 15) is 9.35 Å². The molecule has 0 bridgehead atoms. The predicted octanol–water partition coefficient (Wildman–Crippen LogP) is 5.89. The van der Waals surface area contributed by atoms with Crippen molar-refractivity contribution in [3.63, 3.8) is 0 Å². The number of hydrogen-bond acceptors (Lipinski definition) is 4. The first-order chi connectivity index (χ1) is 13.7. The van der Waals surface area contributed by atoms with Crippen LogP contribution in [0.15, 0.2) is 18.2 Å². The molecule has 0 aromatic heterocycles. The van der Waals surface area contributed by atoms with E-state index in [0.29, 0.717) is 10.8 Å². The normalized spacial score (nSPS) is 16.4. The van der Waals surface area contributed by atoms with Gasteiger partial charge in [-0.05, 0) is 54.2 Å². The molecule has 1 unspecified atom stereocenters. The molecule has 1 N–H and O–H groups in total. The van der Waals surface area contributed by atoms with Gasteiger partial charge in [0.1, 0.15) is 5.75 Å². The molecule has 1 rings (SSSR count). The number of esters is 1. The largest absolute Gasteiger partial charge is 0.598 e. The van der Waals surface area contributed by atoms with Crippen LogP contribution in [0.3, 0.4) is 0 Å². The van der Waals surface area contributed by atoms with Gasteiger partial charge in [-0.2, -0.15) is 0 Å². The second-order valence-corrected chi connectivity index (χ2v) is 12.0. The van der Waals surface area contributed by atoms with Crippen molar-refractivity contribution in [3.05, 3.63) is 34.3 Å². The molecule has 1 aromatic rings. The van der Waals surface area contributed by atoms with E-state index in [2.05, 4.69) is 25.5 Å². The highest BCUT2D eigenvalue weighted by Gasteiger charge is 2.46.